The van der Waals surface area contributed by atoms with E-state index in [1.165, 1.54) is 0 Å². The highest BCUT2D eigenvalue weighted by atomic mass is 35.5. The minimum atomic E-state index is -0.582. The number of hydrogen-bond donors (Lipinski definition) is 2. The van der Waals surface area contributed by atoms with E-state index in [0.29, 0.717) is 23.3 Å². The molecule has 18 heavy (non-hydrogen) atoms. The Labute approximate surface area is 113 Å². The Hall–Kier alpha value is -0.910. The van der Waals surface area contributed by atoms with Gasteiger partial charge in [0.2, 0.25) is 0 Å². The maximum atomic E-state index is 9.55. The van der Waals surface area contributed by atoms with Crippen molar-refractivity contribution in [3.63, 3.8) is 0 Å². The highest BCUT2D eigenvalue weighted by Gasteiger charge is 2.18. The van der Waals surface area contributed by atoms with Crippen LogP contribution in [0.25, 0.3) is 0 Å². The van der Waals surface area contributed by atoms with Crippen molar-refractivity contribution in [1.82, 2.24) is 9.97 Å². The molecule has 0 aliphatic rings. The molecule has 0 radical (unpaired) electrons. The van der Waals surface area contributed by atoms with Gasteiger partial charge < -0.3 is 15.2 Å². The first-order chi connectivity index (χ1) is 8.32. The van der Waals surface area contributed by atoms with Gasteiger partial charge in [-0.15, -0.1) is 0 Å². The molecule has 0 saturated heterocycles. The van der Waals surface area contributed by atoms with Gasteiger partial charge in [0, 0.05) is 25.1 Å². The Balaban J connectivity index is 2.75. The molecule has 6 heteroatoms. The fourth-order valence-electron chi connectivity index (χ4n) is 1.32. The van der Waals surface area contributed by atoms with Crippen molar-refractivity contribution >= 4 is 17.4 Å². The topological polar surface area (TPSA) is 67.3 Å². The maximum absolute atomic E-state index is 9.55. The van der Waals surface area contributed by atoms with Crippen LogP contribution < -0.4 is 5.32 Å². The van der Waals surface area contributed by atoms with Gasteiger partial charge in [-0.1, -0.05) is 32.4 Å². The van der Waals surface area contributed by atoms with Gasteiger partial charge in [-0.3, -0.25) is 0 Å². The second-order valence-corrected chi connectivity index (χ2v) is 5.53. The molecule has 0 aliphatic heterocycles. The Kier molecular flexibility index (Phi) is 5.31. The van der Waals surface area contributed by atoms with Crippen molar-refractivity contribution in [2.75, 3.05) is 25.6 Å². The minimum Gasteiger partial charge on any atom is -0.389 e. The second-order valence-electron chi connectivity index (χ2n) is 5.14. The summed E-state index contributed by atoms with van der Waals surface area (Å²) in [6.45, 7) is 6.68. The number of methoxy groups -OCH3 is 1. The number of rotatable bonds is 5. The highest BCUT2D eigenvalue weighted by Crippen LogP contribution is 2.22. The number of halogens is 1. The average molecular weight is 274 g/mol. The summed E-state index contributed by atoms with van der Waals surface area (Å²) in [6.07, 6.45) is -0.582. The molecule has 1 aromatic heterocycles. The smallest absolute Gasteiger partial charge is 0.137 e. The minimum absolute atomic E-state index is 0.174. The van der Waals surface area contributed by atoms with Gasteiger partial charge in [0.15, 0.2) is 0 Å². The van der Waals surface area contributed by atoms with Crippen LogP contribution in [0.4, 0.5) is 5.82 Å². The van der Waals surface area contributed by atoms with Gasteiger partial charge in [-0.2, -0.15) is 0 Å². The SMILES string of the molecule is COCC(O)CNc1cc(Cl)nc(C(C)(C)C)n1. The van der Waals surface area contributed by atoms with Crippen LogP contribution in [0.3, 0.4) is 0 Å². The standard InChI is InChI=1S/C12H20ClN3O2/c1-12(2,3)11-15-9(13)5-10(16-11)14-6-8(17)7-18-4/h5,8,17H,6-7H2,1-4H3,(H,14,15,16). The molecule has 1 aromatic rings. The molecule has 1 heterocycles. The van der Waals surface area contributed by atoms with Crippen molar-refractivity contribution < 1.29 is 9.84 Å². The van der Waals surface area contributed by atoms with Crippen LogP contribution in [0.1, 0.15) is 26.6 Å². The number of hydrogen-bond acceptors (Lipinski definition) is 5. The number of aliphatic hydroxyl groups is 1. The van der Waals surface area contributed by atoms with E-state index in [9.17, 15) is 5.11 Å². The number of ether oxygens (including phenoxy) is 1. The summed E-state index contributed by atoms with van der Waals surface area (Å²) in [7, 11) is 1.54. The Morgan fingerprint density at radius 2 is 2.11 bits per heavy atom. The zero-order chi connectivity index (χ0) is 13.8. The zero-order valence-electron chi connectivity index (χ0n) is 11.2. The molecule has 5 nitrogen and oxygen atoms in total. The largest absolute Gasteiger partial charge is 0.389 e. The molecule has 0 aliphatic carbocycles. The number of aliphatic hydroxyl groups excluding tert-OH is 1. The Bertz CT molecular complexity index is 393. The molecule has 0 amide bonds. The number of nitrogens with one attached hydrogen (secondary N) is 1. The summed E-state index contributed by atoms with van der Waals surface area (Å²) in [5.74, 6) is 1.27. The summed E-state index contributed by atoms with van der Waals surface area (Å²) in [4.78, 5) is 8.57. The molecule has 1 rings (SSSR count). The Morgan fingerprint density at radius 1 is 1.44 bits per heavy atom. The third-order valence-electron chi connectivity index (χ3n) is 2.24. The lowest BCUT2D eigenvalue weighted by Crippen LogP contribution is -2.25. The lowest BCUT2D eigenvalue weighted by atomic mass is 9.96. The molecule has 0 aromatic carbocycles. The van der Waals surface area contributed by atoms with E-state index in [4.69, 9.17) is 16.3 Å². The number of nitrogens with zero attached hydrogens (tertiary/aromatic N) is 2. The van der Waals surface area contributed by atoms with Gasteiger partial charge in [0.05, 0.1) is 12.7 Å². The van der Waals surface area contributed by atoms with Crippen LogP contribution in [0.5, 0.6) is 0 Å². The van der Waals surface area contributed by atoms with E-state index < -0.39 is 6.10 Å². The molecule has 1 atom stereocenters. The van der Waals surface area contributed by atoms with Crippen LogP contribution in [0.2, 0.25) is 5.15 Å². The van der Waals surface area contributed by atoms with Crippen LogP contribution in [-0.4, -0.2) is 41.4 Å². The molecule has 1 unspecified atom stereocenters. The maximum Gasteiger partial charge on any atom is 0.137 e. The average Bonchev–Trinajstić information content (AvgIpc) is 2.25. The fraction of sp³-hybridized carbons (Fsp3) is 0.667. The molecular weight excluding hydrogens is 254 g/mol. The van der Waals surface area contributed by atoms with Gasteiger partial charge in [-0.05, 0) is 0 Å². The predicted molar refractivity (Wildman–Crippen MR) is 72.1 cm³/mol. The van der Waals surface area contributed by atoms with E-state index in [-0.39, 0.29) is 12.0 Å². The van der Waals surface area contributed by atoms with Crippen molar-refractivity contribution in [3.8, 4) is 0 Å². The van der Waals surface area contributed by atoms with Gasteiger partial charge in [-0.25, -0.2) is 9.97 Å². The molecule has 102 valence electrons. The van der Waals surface area contributed by atoms with Crippen LogP contribution in [-0.2, 0) is 10.2 Å². The van der Waals surface area contributed by atoms with E-state index in [2.05, 4.69) is 15.3 Å². The molecule has 0 spiro atoms. The predicted octanol–water partition coefficient (Wildman–Crippen LogP) is 1.85. The second kappa shape index (κ2) is 6.31. The lowest BCUT2D eigenvalue weighted by molar-refractivity contribution is 0.0727. The summed E-state index contributed by atoms with van der Waals surface area (Å²) in [6, 6.07) is 1.64. The summed E-state index contributed by atoms with van der Waals surface area (Å²) in [5, 5.41) is 12.9. The van der Waals surface area contributed by atoms with Crippen LogP contribution in [0, 0.1) is 0 Å². The summed E-state index contributed by atoms with van der Waals surface area (Å²) >= 11 is 5.95. The van der Waals surface area contributed by atoms with E-state index in [1.807, 2.05) is 20.8 Å². The van der Waals surface area contributed by atoms with Crippen LogP contribution in [0.15, 0.2) is 6.07 Å². The molecule has 0 bridgehead atoms. The number of anilines is 1. The first-order valence-electron chi connectivity index (χ1n) is 5.79. The molecular formula is C12H20ClN3O2. The normalized spacial score (nSPS) is 13.4. The first-order valence-corrected chi connectivity index (χ1v) is 6.16. The van der Waals surface area contributed by atoms with Crippen LogP contribution >= 0.6 is 11.6 Å². The number of aromatic nitrogens is 2. The monoisotopic (exact) mass is 273 g/mol. The quantitative estimate of drug-likeness (QED) is 0.802. The van der Waals surface area contributed by atoms with E-state index in [1.54, 1.807) is 13.2 Å². The molecule has 2 N–H and O–H groups in total. The summed E-state index contributed by atoms with van der Waals surface area (Å²) < 4.78 is 4.84. The lowest BCUT2D eigenvalue weighted by Gasteiger charge is -2.18. The van der Waals surface area contributed by atoms with Crippen molar-refractivity contribution in [3.05, 3.63) is 17.0 Å². The van der Waals surface area contributed by atoms with Gasteiger partial charge >= 0.3 is 0 Å². The first kappa shape index (κ1) is 15.1. The fourth-order valence-corrected chi connectivity index (χ4v) is 1.50. The Morgan fingerprint density at radius 3 is 2.67 bits per heavy atom. The third kappa shape index (κ3) is 4.76. The third-order valence-corrected chi connectivity index (χ3v) is 2.44. The van der Waals surface area contributed by atoms with Gasteiger partial charge in [0.25, 0.3) is 0 Å². The van der Waals surface area contributed by atoms with Crippen molar-refractivity contribution in [2.24, 2.45) is 0 Å². The van der Waals surface area contributed by atoms with E-state index in [0.717, 1.165) is 0 Å². The highest BCUT2D eigenvalue weighted by molar-refractivity contribution is 6.29. The van der Waals surface area contributed by atoms with Crippen molar-refractivity contribution in [2.45, 2.75) is 32.3 Å². The molecule has 0 fully saturated rings. The van der Waals surface area contributed by atoms with Crippen molar-refractivity contribution in [1.29, 1.82) is 0 Å². The molecule has 0 saturated carbocycles. The van der Waals surface area contributed by atoms with E-state index >= 15 is 0 Å². The summed E-state index contributed by atoms with van der Waals surface area (Å²) in [5.41, 5.74) is -0.174. The van der Waals surface area contributed by atoms with Gasteiger partial charge in [0.1, 0.15) is 16.8 Å². The zero-order valence-corrected chi connectivity index (χ0v) is 12.0.